The lowest BCUT2D eigenvalue weighted by Crippen LogP contribution is -2.18. The highest BCUT2D eigenvalue weighted by Gasteiger charge is 2.11. The van der Waals surface area contributed by atoms with E-state index in [1.54, 1.807) is 24.6 Å². The normalized spacial score (nSPS) is 10.9. The van der Waals surface area contributed by atoms with Gasteiger partial charge in [-0.25, -0.2) is 4.98 Å². The molecule has 2 aromatic rings. The Kier molecular flexibility index (Phi) is 6.11. The summed E-state index contributed by atoms with van der Waals surface area (Å²) in [6.45, 7) is 4.64. The van der Waals surface area contributed by atoms with Gasteiger partial charge in [-0.3, -0.25) is 4.98 Å². The molecule has 0 fully saturated rings. The Morgan fingerprint density at radius 3 is 3.00 bits per heavy atom. The van der Waals surface area contributed by atoms with Gasteiger partial charge in [0.2, 0.25) is 0 Å². The molecule has 0 saturated heterocycles. The molecule has 0 aromatic carbocycles. The van der Waals surface area contributed by atoms with E-state index < -0.39 is 0 Å². The zero-order valence-corrected chi connectivity index (χ0v) is 12.9. The summed E-state index contributed by atoms with van der Waals surface area (Å²) < 4.78 is 5.05. The fourth-order valence-corrected chi connectivity index (χ4v) is 3.01. The van der Waals surface area contributed by atoms with Crippen molar-refractivity contribution in [1.29, 1.82) is 0 Å². The lowest BCUT2D eigenvalue weighted by molar-refractivity contribution is 0.199. The van der Waals surface area contributed by atoms with Gasteiger partial charge in [0.1, 0.15) is 5.01 Å². The monoisotopic (exact) mass is 291 g/mol. The molecule has 0 aliphatic carbocycles. The number of methoxy groups -OCH3 is 1. The van der Waals surface area contributed by atoms with Crippen molar-refractivity contribution in [2.24, 2.45) is 0 Å². The van der Waals surface area contributed by atoms with Crippen LogP contribution in [0.1, 0.15) is 23.9 Å². The first-order chi connectivity index (χ1) is 9.85. The number of hydrogen-bond acceptors (Lipinski definition) is 5. The summed E-state index contributed by atoms with van der Waals surface area (Å²) in [5.41, 5.74) is 2.30. The number of hydrogen-bond donors (Lipinski definition) is 1. The molecule has 0 amide bonds. The summed E-state index contributed by atoms with van der Waals surface area (Å²) in [5, 5.41) is 4.46. The molecule has 0 aliphatic rings. The lowest BCUT2D eigenvalue weighted by Gasteiger charge is -2.03. The Bertz CT molecular complexity index is 513. The van der Waals surface area contributed by atoms with Gasteiger partial charge in [-0.1, -0.05) is 13.3 Å². The minimum atomic E-state index is 0.734. The van der Waals surface area contributed by atoms with Crippen molar-refractivity contribution in [1.82, 2.24) is 15.3 Å². The molecular formula is C15H21N3OS. The number of rotatable bonds is 8. The van der Waals surface area contributed by atoms with Gasteiger partial charge >= 0.3 is 0 Å². The molecule has 5 heteroatoms. The summed E-state index contributed by atoms with van der Waals surface area (Å²) in [6, 6.07) is 4.01. The summed E-state index contributed by atoms with van der Waals surface area (Å²) >= 11 is 1.76. The number of aryl methyl sites for hydroxylation is 1. The zero-order valence-electron chi connectivity index (χ0n) is 12.1. The number of pyridine rings is 1. The highest BCUT2D eigenvalue weighted by atomic mass is 32.1. The van der Waals surface area contributed by atoms with Crippen molar-refractivity contribution < 1.29 is 4.74 Å². The highest BCUT2D eigenvalue weighted by Crippen LogP contribution is 2.28. The van der Waals surface area contributed by atoms with Crippen LogP contribution in [-0.4, -0.2) is 30.2 Å². The van der Waals surface area contributed by atoms with Crippen LogP contribution in [0.4, 0.5) is 0 Å². The molecule has 0 unspecified atom stereocenters. The molecule has 0 aliphatic heterocycles. The van der Waals surface area contributed by atoms with Crippen molar-refractivity contribution in [3.05, 3.63) is 35.1 Å². The third-order valence-electron chi connectivity index (χ3n) is 2.94. The molecule has 0 spiro atoms. The molecule has 20 heavy (non-hydrogen) atoms. The minimum absolute atomic E-state index is 0.734. The van der Waals surface area contributed by atoms with E-state index in [4.69, 9.17) is 9.72 Å². The van der Waals surface area contributed by atoms with Crippen molar-refractivity contribution in [2.45, 2.75) is 26.3 Å². The van der Waals surface area contributed by atoms with E-state index in [1.165, 1.54) is 10.6 Å². The van der Waals surface area contributed by atoms with Crippen LogP contribution in [0, 0.1) is 0 Å². The average molecular weight is 291 g/mol. The molecule has 0 saturated carbocycles. The van der Waals surface area contributed by atoms with E-state index in [0.29, 0.717) is 0 Å². The molecule has 4 nitrogen and oxygen atoms in total. The van der Waals surface area contributed by atoms with Crippen LogP contribution in [-0.2, 0) is 17.7 Å². The van der Waals surface area contributed by atoms with Gasteiger partial charge in [0, 0.05) is 43.0 Å². The SMILES string of the molecule is CCCc1nc(-c2cccnc2)sc1CNCCOC. The molecule has 108 valence electrons. The Morgan fingerprint density at radius 1 is 1.40 bits per heavy atom. The molecule has 0 bridgehead atoms. The lowest BCUT2D eigenvalue weighted by atomic mass is 10.2. The third kappa shape index (κ3) is 4.10. The molecule has 2 rings (SSSR count). The smallest absolute Gasteiger partial charge is 0.125 e. The van der Waals surface area contributed by atoms with Crippen LogP contribution in [0.5, 0.6) is 0 Å². The van der Waals surface area contributed by atoms with Crippen LogP contribution in [0.25, 0.3) is 10.6 Å². The van der Waals surface area contributed by atoms with Gasteiger partial charge in [-0.05, 0) is 18.6 Å². The van der Waals surface area contributed by atoms with Gasteiger partial charge in [0.25, 0.3) is 0 Å². The molecule has 2 heterocycles. The van der Waals surface area contributed by atoms with Crippen LogP contribution < -0.4 is 5.32 Å². The second kappa shape index (κ2) is 8.09. The van der Waals surface area contributed by atoms with Crippen LogP contribution >= 0.6 is 11.3 Å². The van der Waals surface area contributed by atoms with Crippen molar-refractivity contribution >= 4 is 11.3 Å². The second-order valence-electron chi connectivity index (χ2n) is 4.55. The first-order valence-electron chi connectivity index (χ1n) is 6.93. The van der Waals surface area contributed by atoms with Crippen LogP contribution in [0.15, 0.2) is 24.5 Å². The minimum Gasteiger partial charge on any atom is -0.383 e. The number of aromatic nitrogens is 2. The largest absolute Gasteiger partial charge is 0.383 e. The van der Waals surface area contributed by atoms with Crippen LogP contribution in [0.2, 0.25) is 0 Å². The Morgan fingerprint density at radius 2 is 2.30 bits per heavy atom. The Hall–Kier alpha value is -1.30. The van der Waals surface area contributed by atoms with Gasteiger partial charge in [0.15, 0.2) is 0 Å². The summed E-state index contributed by atoms with van der Waals surface area (Å²) in [7, 11) is 1.72. The van der Waals surface area contributed by atoms with Gasteiger partial charge < -0.3 is 10.1 Å². The first kappa shape index (κ1) is 15.1. The molecular weight excluding hydrogens is 270 g/mol. The van der Waals surface area contributed by atoms with Crippen molar-refractivity contribution in [3.63, 3.8) is 0 Å². The summed E-state index contributed by atoms with van der Waals surface area (Å²) in [5.74, 6) is 0. The zero-order chi connectivity index (χ0) is 14.2. The topological polar surface area (TPSA) is 47.0 Å². The van der Waals surface area contributed by atoms with Crippen LogP contribution in [0.3, 0.4) is 0 Å². The fourth-order valence-electron chi connectivity index (χ4n) is 1.94. The maximum atomic E-state index is 5.05. The van der Waals surface area contributed by atoms with E-state index in [0.717, 1.165) is 43.1 Å². The molecule has 2 aromatic heterocycles. The fraction of sp³-hybridized carbons (Fsp3) is 0.467. The van der Waals surface area contributed by atoms with Gasteiger partial charge in [0.05, 0.1) is 12.3 Å². The number of ether oxygens (including phenoxy) is 1. The van der Waals surface area contributed by atoms with Crippen molar-refractivity contribution in [2.75, 3.05) is 20.3 Å². The molecule has 0 atom stereocenters. The van der Waals surface area contributed by atoms with E-state index in [2.05, 4.69) is 23.3 Å². The summed E-state index contributed by atoms with van der Waals surface area (Å²) in [6.07, 6.45) is 5.80. The number of thiazole rings is 1. The van der Waals surface area contributed by atoms with E-state index in [1.807, 2.05) is 12.3 Å². The second-order valence-corrected chi connectivity index (χ2v) is 5.63. The average Bonchev–Trinajstić information content (AvgIpc) is 2.88. The Balaban J connectivity index is 2.11. The molecule has 1 N–H and O–H groups in total. The van der Waals surface area contributed by atoms with Crippen molar-refractivity contribution in [3.8, 4) is 10.6 Å². The maximum absolute atomic E-state index is 5.05. The maximum Gasteiger partial charge on any atom is 0.125 e. The van der Waals surface area contributed by atoms with Gasteiger partial charge in [-0.2, -0.15) is 0 Å². The van der Waals surface area contributed by atoms with E-state index in [-0.39, 0.29) is 0 Å². The third-order valence-corrected chi connectivity index (χ3v) is 4.09. The summed E-state index contributed by atoms with van der Waals surface area (Å²) in [4.78, 5) is 10.3. The highest BCUT2D eigenvalue weighted by molar-refractivity contribution is 7.15. The predicted molar refractivity (Wildman–Crippen MR) is 82.9 cm³/mol. The first-order valence-corrected chi connectivity index (χ1v) is 7.75. The quantitative estimate of drug-likeness (QED) is 0.760. The number of nitrogens with one attached hydrogen (secondary N) is 1. The Labute approximate surface area is 124 Å². The van der Waals surface area contributed by atoms with E-state index >= 15 is 0 Å². The predicted octanol–water partition coefficient (Wildman–Crippen LogP) is 2.89. The van der Waals surface area contributed by atoms with Gasteiger partial charge in [-0.15, -0.1) is 11.3 Å². The molecule has 0 radical (unpaired) electrons. The number of nitrogens with zero attached hydrogens (tertiary/aromatic N) is 2. The van der Waals surface area contributed by atoms with E-state index in [9.17, 15) is 0 Å². The standard InChI is InChI=1S/C15H21N3OS/c1-3-5-13-14(11-17-8-9-19-2)20-15(18-13)12-6-4-7-16-10-12/h4,6-7,10,17H,3,5,8-9,11H2,1-2H3.